The van der Waals surface area contributed by atoms with Crippen LogP contribution in [0.5, 0.6) is 0 Å². The molecule has 11 nitrogen and oxygen atoms in total. The molecule has 2 saturated carbocycles. The minimum Gasteiger partial charge on any atom is -0.453 e. The van der Waals surface area contributed by atoms with E-state index in [-0.39, 0.29) is 43.2 Å². The molecule has 12 heteroatoms. The molecule has 41 heavy (non-hydrogen) atoms. The number of carbonyl (C=O) groups is 4. The SMILES string of the molecule is COC(=O)N[C@H](C(=O)N1C[C@@H]2[C@H]3C[C@@H]([C@@H]2[C@H]1C(=O)N1C[C@]2(C[C@H]1C#N)C(=O)Nc1ncccc12)[C@H](F)C3)C(C)(C)C. The molecule has 0 unspecified atom stereocenters. The van der Waals surface area contributed by atoms with E-state index < -0.39 is 59.0 Å². The van der Waals surface area contributed by atoms with Gasteiger partial charge in [-0.3, -0.25) is 14.4 Å². The maximum Gasteiger partial charge on any atom is 0.407 e. The van der Waals surface area contributed by atoms with E-state index in [9.17, 15) is 24.4 Å². The summed E-state index contributed by atoms with van der Waals surface area (Å²) in [4.78, 5) is 61.4. The maximum absolute atomic E-state index is 15.2. The Balaban J connectivity index is 1.37. The van der Waals surface area contributed by atoms with Crippen LogP contribution in [0, 0.1) is 40.4 Å². The Bertz CT molecular complexity index is 1360. The Morgan fingerprint density at radius 3 is 2.71 bits per heavy atom. The van der Waals surface area contributed by atoms with Crippen LogP contribution in [0.15, 0.2) is 18.3 Å². The number of hydrogen-bond acceptors (Lipinski definition) is 7. The summed E-state index contributed by atoms with van der Waals surface area (Å²) in [6, 6.07) is 2.77. The Morgan fingerprint density at radius 1 is 1.27 bits per heavy atom. The third-order valence-corrected chi connectivity index (χ3v) is 10.1. The number of ether oxygens (including phenoxy) is 1. The zero-order valence-electron chi connectivity index (χ0n) is 23.6. The highest BCUT2D eigenvalue weighted by atomic mass is 19.1. The number of fused-ring (bicyclic) bond motifs is 7. The first-order chi connectivity index (χ1) is 19.4. The lowest BCUT2D eigenvalue weighted by Gasteiger charge is -2.38. The number of hydrogen-bond donors (Lipinski definition) is 2. The summed E-state index contributed by atoms with van der Waals surface area (Å²) < 4.78 is 19.9. The fourth-order valence-corrected chi connectivity index (χ4v) is 8.26. The highest BCUT2D eigenvalue weighted by Crippen LogP contribution is 2.59. The number of rotatable bonds is 3. The van der Waals surface area contributed by atoms with Gasteiger partial charge in [-0.05, 0) is 48.0 Å². The van der Waals surface area contributed by atoms with Gasteiger partial charge in [0.25, 0.3) is 0 Å². The third-order valence-electron chi connectivity index (χ3n) is 10.1. The molecule has 4 heterocycles. The molecule has 3 aliphatic heterocycles. The van der Waals surface area contributed by atoms with Gasteiger partial charge >= 0.3 is 6.09 Å². The molecule has 1 spiro atoms. The van der Waals surface area contributed by atoms with Crippen molar-refractivity contribution in [2.24, 2.45) is 29.1 Å². The van der Waals surface area contributed by atoms with Crippen LogP contribution < -0.4 is 10.6 Å². The average molecular weight is 567 g/mol. The van der Waals surface area contributed by atoms with E-state index in [1.807, 2.05) is 0 Å². The molecule has 2 saturated heterocycles. The second kappa shape index (κ2) is 9.39. The van der Waals surface area contributed by atoms with E-state index in [0.717, 1.165) is 0 Å². The van der Waals surface area contributed by atoms with Crippen LogP contribution in [-0.2, 0) is 24.5 Å². The molecule has 1 aromatic heterocycles. The molecule has 6 rings (SSSR count). The van der Waals surface area contributed by atoms with Crippen molar-refractivity contribution >= 4 is 29.6 Å². The van der Waals surface area contributed by atoms with Gasteiger partial charge in [0.1, 0.15) is 30.1 Å². The number of aromatic nitrogens is 1. The number of pyridine rings is 1. The second-order valence-electron chi connectivity index (χ2n) is 13.3. The Labute approximate surface area is 237 Å². The van der Waals surface area contributed by atoms with Gasteiger partial charge < -0.3 is 25.2 Å². The lowest BCUT2D eigenvalue weighted by molar-refractivity contribution is -0.148. The fourth-order valence-electron chi connectivity index (χ4n) is 8.26. The summed E-state index contributed by atoms with van der Waals surface area (Å²) in [5.41, 5.74) is -1.22. The summed E-state index contributed by atoms with van der Waals surface area (Å²) in [6.07, 6.45) is 0.911. The lowest BCUT2D eigenvalue weighted by atomic mass is 9.77. The lowest BCUT2D eigenvalue weighted by Crippen LogP contribution is -2.59. The van der Waals surface area contributed by atoms with Crippen molar-refractivity contribution in [3.8, 4) is 6.07 Å². The van der Waals surface area contributed by atoms with Gasteiger partial charge in [-0.2, -0.15) is 5.26 Å². The highest BCUT2D eigenvalue weighted by molar-refractivity contribution is 6.06. The number of nitrogens with zero attached hydrogens (tertiary/aromatic N) is 4. The van der Waals surface area contributed by atoms with Crippen LogP contribution in [0.4, 0.5) is 15.0 Å². The second-order valence-corrected chi connectivity index (χ2v) is 13.3. The molecule has 2 bridgehead atoms. The molecule has 0 aromatic carbocycles. The first-order valence-corrected chi connectivity index (χ1v) is 14.2. The minimum atomic E-state index is -1.13. The molecule has 2 aliphatic carbocycles. The predicted octanol–water partition coefficient (Wildman–Crippen LogP) is 1.99. The first kappa shape index (κ1) is 27.4. The van der Waals surface area contributed by atoms with Gasteiger partial charge in [0.05, 0.1) is 18.6 Å². The average Bonchev–Trinajstić information content (AvgIpc) is 3.72. The van der Waals surface area contributed by atoms with Gasteiger partial charge in [0.15, 0.2) is 0 Å². The number of carbonyl (C=O) groups excluding carboxylic acids is 4. The maximum atomic E-state index is 15.2. The Morgan fingerprint density at radius 2 is 2.02 bits per heavy atom. The molecule has 5 aliphatic rings. The van der Waals surface area contributed by atoms with Crippen LogP contribution in [0.3, 0.4) is 0 Å². The number of likely N-dealkylation sites (tertiary alicyclic amines) is 2. The van der Waals surface area contributed by atoms with Crippen molar-refractivity contribution in [3.63, 3.8) is 0 Å². The van der Waals surface area contributed by atoms with E-state index in [0.29, 0.717) is 24.2 Å². The number of alkyl halides is 1. The molecular weight excluding hydrogens is 531 g/mol. The summed E-state index contributed by atoms with van der Waals surface area (Å²) in [6.45, 7) is 5.65. The number of halogens is 1. The Kier molecular flexibility index (Phi) is 6.28. The number of anilines is 1. The third kappa shape index (κ3) is 3.99. The molecule has 218 valence electrons. The van der Waals surface area contributed by atoms with E-state index >= 15 is 4.39 Å². The van der Waals surface area contributed by atoms with Crippen LogP contribution in [0.2, 0.25) is 0 Å². The largest absolute Gasteiger partial charge is 0.453 e. The summed E-state index contributed by atoms with van der Waals surface area (Å²) >= 11 is 0. The van der Waals surface area contributed by atoms with Gasteiger partial charge in [-0.25, -0.2) is 14.2 Å². The monoisotopic (exact) mass is 566 g/mol. The van der Waals surface area contributed by atoms with Crippen molar-refractivity contribution in [2.75, 3.05) is 25.5 Å². The van der Waals surface area contributed by atoms with E-state index in [4.69, 9.17) is 4.74 Å². The standard InChI is InChI=1S/C29H35FN6O5/c1-28(2,3)22(33-27(40)41-4)25(38)35-12-17-14-8-16(19(30)9-14)20(17)21(35)24(37)36-13-29(10-15(36)11-31)18-6-5-7-32-23(18)34-26(29)39/h5-7,14-17,19-22H,8-10,12-13H2,1-4H3,(H,33,40)(H,32,34,39)/t14-,15-,16+,17+,19+,20-,21-,22+,29-/m0/s1. The predicted molar refractivity (Wildman–Crippen MR) is 143 cm³/mol. The highest BCUT2D eigenvalue weighted by Gasteiger charge is 2.65. The normalized spacial score (nSPS) is 35.6. The van der Waals surface area contributed by atoms with Gasteiger partial charge in [0.2, 0.25) is 17.7 Å². The van der Waals surface area contributed by atoms with E-state index in [1.165, 1.54) is 16.9 Å². The van der Waals surface area contributed by atoms with Crippen molar-refractivity contribution in [3.05, 3.63) is 23.9 Å². The molecule has 2 N–H and O–H groups in total. The summed E-state index contributed by atoms with van der Waals surface area (Å²) in [5, 5.41) is 15.6. The molecule has 0 radical (unpaired) electrons. The molecule has 4 amide bonds. The first-order valence-electron chi connectivity index (χ1n) is 14.2. The Hall–Kier alpha value is -3.75. The number of nitriles is 1. The van der Waals surface area contributed by atoms with Gasteiger partial charge in [-0.1, -0.05) is 26.8 Å². The van der Waals surface area contributed by atoms with Crippen LogP contribution in [0.25, 0.3) is 0 Å². The number of methoxy groups -OCH3 is 1. The number of nitrogens with one attached hydrogen (secondary N) is 2. The van der Waals surface area contributed by atoms with Gasteiger partial charge in [0, 0.05) is 31.3 Å². The van der Waals surface area contributed by atoms with E-state index in [1.54, 1.807) is 39.1 Å². The van der Waals surface area contributed by atoms with Crippen LogP contribution in [0.1, 0.15) is 45.6 Å². The smallest absolute Gasteiger partial charge is 0.407 e. The molecular formula is C29H35FN6O5. The van der Waals surface area contributed by atoms with E-state index in [2.05, 4.69) is 21.7 Å². The van der Waals surface area contributed by atoms with Crippen molar-refractivity contribution in [1.29, 1.82) is 5.26 Å². The summed E-state index contributed by atoms with van der Waals surface area (Å²) in [5.74, 6) is -1.57. The quantitative estimate of drug-likeness (QED) is 0.569. The van der Waals surface area contributed by atoms with Crippen molar-refractivity contribution in [1.82, 2.24) is 20.1 Å². The molecule has 4 fully saturated rings. The minimum absolute atomic E-state index is 0.0409. The van der Waals surface area contributed by atoms with Crippen LogP contribution >= 0.6 is 0 Å². The van der Waals surface area contributed by atoms with Crippen molar-refractivity contribution in [2.45, 2.75) is 69.7 Å². The van der Waals surface area contributed by atoms with Gasteiger partial charge in [-0.15, -0.1) is 0 Å². The molecule has 1 aromatic rings. The summed E-state index contributed by atoms with van der Waals surface area (Å²) in [7, 11) is 1.21. The fraction of sp³-hybridized carbons (Fsp3) is 0.655. The zero-order valence-corrected chi connectivity index (χ0v) is 23.6. The van der Waals surface area contributed by atoms with Crippen molar-refractivity contribution < 1.29 is 28.3 Å². The topological polar surface area (TPSA) is 145 Å². The molecule has 9 atom stereocenters. The van der Waals surface area contributed by atoms with Crippen LogP contribution in [-0.4, -0.2) is 83.1 Å². The zero-order chi connectivity index (χ0) is 29.4. The number of amides is 4. The number of alkyl carbamates (subject to hydrolysis) is 1.